The topological polar surface area (TPSA) is 85.1 Å². The Balaban J connectivity index is 2.24. The molecule has 0 aliphatic carbocycles. The number of nitrogens with one attached hydrogen (secondary N) is 1. The van der Waals surface area contributed by atoms with Crippen molar-refractivity contribution in [2.24, 2.45) is 0 Å². The Bertz CT molecular complexity index is 649. The molecule has 0 bridgehead atoms. The molecule has 2 rings (SSSR count). The molecule has 3 N–H and O–H groups in total. The van der Waals surface area contributed by atoms with E-state index in [4.69, 9.17) is 5.73 Å². The third-order valence-electron chi connectivity index (χ3n) is 2.73. The summed E-state index contributed by atoms with van der Waals surface area (Å²) >= 11 is 0. The predicted octanol–water partition coefficient (Wildman–Crippen LogP) is 1.45. The Labute approximate surface area is 112 Å². The summed E-state index contributed by atoms with van der Waals surface area (Å²) in [7, 11) is -3.62. The molecule has 100 valence electrons. The molecule has 1 aromatic carbocycles. The van der Waals surface area contributed by atoms with Gasteiger partial charge in [0.2, 0.25) is 10.0 Å². The fraction of sp³-hybridized carbons (Fsp3) is 0.154. The van der Waals surface area contributed by atoms with Gasteiger partial charge in [-0.05, 0) is 36.2 Å². The van der Waals surface area contributed by atoms with Crippen molar-refractivity contribution in [1.29, 1.82) is 0 Å². The van der Waals surface area contributed by atoms with Gasteiger partial charge in [0.05, 0.1) is 5.69 Å². The second kappa shape index (κ2) is 5.38. The molecule has 0 aliphatic heterocycles. The molecule has 6 heteroatoms. The molecule has 1 aromatic heterocycles. The number of aromatic nitrogens is 1. The van der Waals surface area contributed by atoms with E-state index < -0.39 is 10.0 Å². The maximum absolute atomic E-state index is 12.2. The summed E-state index contributed by atoms with van der Waals surface area (Å²) in [4.78, 5) is 4.02. The summed E-state index contributed by atoms with van der Waals surface area (Å²) in [6.07, 6.45) is 3.23. The van der Waals surface area contributed by atoms with Gasteiger partial charge in [0.25, 0.3) is 0 Å². The number of sulfonamides is 1. The minimum absolute atomic E-state index is 0.143. The summed E-state index contributed by atoms with van der Waals surface area (Å²) in [6.45, 7) is 1.93. The number of hydrogen-bond acceptors (Lipinski definition) is 4. The predicted molar refractivity (Wildman–Crippen MR) is 73.9 cm³/mol. The molecule has 0 atom stereocenters. The van der Waals surface area contributed by atoms with Gasteiger partial charge in [-0.3, -0.25) is 4.98 Å². The van der Waals surface area contributed by atoms with Crippen LogP contribution in [0.25, 0.3) is 0 Å². The highest BCUT2D eigenvalue weighted by atomic mass is 32.2. The first-order valence-corrected chi connectivity index (χ1v) is 7.22. The third-order valence-corrected chi connectivity index (χ3v) is 4.35. The number of hydrogen-bond donors (Lipinski definition) is 2. The van der Waals surface area contributed by atoms with Crippen molar-refractivity contribution < 1.29 is 8.42 Å². The Hall–Kier alpha value is -1.92. The van der Waals surface area contributed by atoms with Crippen LogP contribution in [0.5, 0.6) is 0 Å². The largest absolute Gasteiger partial charge is 0.398 e. The number of nitrogen functional groups attached to an aromatic ring is 1. The van der Waals surface area contributed by atoms with Crippen LogP contribution in [0.1, 0.15) is 11.1 Å². The number of pyridine rings is 1. The average Bonchev–Trinajstić information content (AvgIpc) is 2.37. The lowest BCUT2D eigenvalue weighted by atomic mass is 10.2. The van der Waals surface area contributed by atoms with Gasteiger partial charge < -0.3 is 5.73 Å². The van der Waals surface area contributed by atoms with Crippen molar-refractivity contribution in [2.75, 3.05) is 5.73 Å². The van der Waals surface area contributed by atoms with Crippen molar-refractivity contribution in [1.82, 2.24) is 9.71 Å². The maximum atomic E-state index is 12.2. The summed E-state index contributed by atoms with van der Waals surface area (Å²) in [5.74, 6) is 0. The molecule has 0 spiro atoms. The molecule has 0 aliphatic rings. The van der Waals surface area contributed by atoms with Crippen LogP contribution in [-0.4, -0.2) is 13.4 Å². The average molecular weight is 277 g/mol. The van der Waals surface area contributed by atoms with Gasteiger partial charge in [0, 0.05) is 18.9 Å². The van der Waals surface area contributed by atoms with E-state index >= 15 is 0 Å². The van der Waals surface area contributed by atoms with Crippen LogP contribution in [0.15, 0.2) is 47.6 Å². The van der Waals surface area contributed by atoms with Crippen LogP contribution >= 0.6 is 0 Å². The van der Waals surface area contributed by atoms with Crippen LogP contribution in [0.4, 0.5) is 5.69 Å². The number of nitrogens with two attached hydrogens (primary N) is 1. The first-order chi connectivity index (χ1) is 9.00. The Morgan fingerprint density at radius 3 is 2.53 bits per heavy atom. The van der Waals surface area contributed by atoms with Gasteiger partial charge in [0.1, 0.15) is 4.90 Å². The molecule has 0 amide bonds. The third kappa shape index (κ3) is 3.10. The van der Waals surface area contributed by atoms with Gasteiger partial charge in [-0.1, -0.05) is 12.1 Å². The molecule has 5 nitrogen and oxygen atoms in total. The van der Waals surface area contributed by atoms with E-state index in [1.165, 1.54) is 0 Å². The quantitative estimate of drug-likeness (QED) is 0.828. The fourth-order valence-corrected chi connectivity index (χ4v) is 3.16. The minimum Gasteiger partial charge on any atom is -0.398 e. The zero-order valence-corrected chi connectivity index (χ0v) is 11.3. The summed E-state index contributed by atoms with van der Waals surface area (Å²) < 4.78 is 27.0. The van der Waals surface area contributed by atoms with E-state index in [1.807, 2.05) is 0 Å². The van der Waals surface area contributed by atoms with Crippen LogP contribution in [0, 0.1) is 6.92 Å². The van der Waals surface area contributed by atoms with E-state index in [2.05, 4.69) is 9.71 Å². The van der Waals surface area contributed by atoms with Crippen molar-refractivity contribution in [3.63, 3.8) is 0 Å². The highest BCUT2D eigenvalue weighted by Crippen LogP contribution is 2.22. The normalized spacial score (nSPS) is 11.4. The number of anilines is 1. The molecular formula is C13H15N3O2S. The molecular weight excluding hydrogens is 262 g/mol. The maximum Gasteiger partial charge on any atom is 0.243 e. The van der Waals surface area contributed by atoms with E-state index in [-0.39, 0.29) is 17.1 Å². The minimum atomic E-state index is -3.62. The monoisotopic (exact) mass is 277 g/mol. The Kier molecular flexibility index (Phi) is 3.82. The van der Waals surface area contributed by atoms with Gasteiger partial charge in [-0.25, -0.2) is 13.1 Å². The SMILES string of the molecule is Cc1cccc(N)c1S(=O)(=O)NCc1ccncc1. The number of nitrogens with zero attached hydrogens (tertiary/aromatic N) is 1. The molecule has 1 heterocycles. The van der Waals surface area contributed by atoms with E-state index in [0.29, 0.717) is 5.56 Å². The van der Waals surface area contributed by atoms with Gasteiger partial charge in [-0.2, -0.15) is 0 Å². The number of benzene rings is 1. The van der Waals surface area contributed by atoms with Crippen molar-refractivity contribution in [2.45, 2.75) is 18.4 Å². The molecule has 0 fully saturated rings. The van der Waals surface area contributed by atoms with Gasteiger partial charge in [0.15, 0.2) is 0 Å². The molecule has 19 heavy (non-hydrogen) atoms. The first kappa shape index (κ1) is 13.5. The lowest BCUT2D eigenvalue weighted by molar-refractivity contribution is 0.581. The van der Waals surface area contributed by atoms with Crippen molar-refractivity contribution in [3.8, 4) is 0 Å². The lowest BCUT2D eigenvalue weighted by Gasteiger charge is -2.11. The smallest absolute Gasteiger partial charge is 0.243 e. The zero-order chi connectivity index (χ0) is 13.9. The summed E-state index contributed by atoms with van der Waals surface area (Å²) in [5.41, 5.74) is 7.47. The molecule has 0 saturated heterocycles. The fourth-order valence-electron chi connectivity index (χ4n) is 1.79. The summed E-state index contributed by atoms with van der Waals surface area (Å²) in [6, 6.07) is 8.53. The van der Waals surface area contributed by atoms with Crippen molar-refractivity contribution in [3.05, 3.63) is 53.9 Å². The zero-order valence-electron chi connectivity index (χ0n) is 10.5. The van der Waals surface area contributed by atoms with Crippen molar-refractivity contribution >= 4 is 15.7 Å². The lowest BCUT2D eigenvalue weighted by Crippen LogP contribution is -2.25. The first-order valence-electron chi connectivity index (χ1n) is 5.74. The van der Waals surface area contributed by atoms with E-state index in [9.17, 15) is 8.42 Å². The van der Waals surface area contributed by atoms with Gasteiger partial charge >= 0.3 is 0 Å². The number of aryl methyl sites for hydroxylation is 1. The molecule has 0 unspecified atom stereocenters. The molecule has 2 aromatic rings. The van der Waals surface area contributed by atoms with Crippen LogP contribution in [-0.2, 0) is 16.6 Å². The highest BCUT2D eigenvalue weighted by molar-refractivity contribution is 7.89. The van der Waals surface area contributed by atoms with Crippen LogP contribution in [0.3, 0.4) is 0 Å². The van der Waals surface area contributed by atoms with Crippen LogP contribution in [0.2, 0.25) is 0 Å². The second-order valence-electron chi connectivity index (χ2n) is 4.17. The van der Waals surface area contributed by atoms with Gasteiger partial charge in [-0.15, -0.1) is 0 Å². The standard InChI is InChI=1S/C13H15N3O2S/c1-10-3-2-4-12(14)13(10)19(17,18)16-9-11-5-7-15-8-6-11/h2-8,16H,9,14H2,1H3. The number of rotatable bonds is 4. The molecule has 0 radical (unpaired) electrons. The van der Waals surface area contributed by atoms with E-state index in [1.54, 1.807) is 49.6 Å². The van der Waals surface area contributed by atoms with E-state index in [0.717, 1.165) is 5.56 Å². The second-order valence-corrected chi connectivity index (χ2v) is 5.88. The van der Waals surface area contributed by atoms with Crippen LogP contribution < -0.4 is 10.5 Å². The highest BCUT2D eigenvalue weighted by Gasteiger charge is 2.19. The summed E-state index contributed by atoms with van der Waals surface area (Å²) in [5, 5.41) is 0. The molecule has 0 saturated carbocycles. The Morgan fingerprint density at radius 1 is 1.21 bits per heavy atom. The Morgan fingerprint density at radius 2 is 1.89 bits per heavy atom.